The summed E-state index contributed by atoms with van der Waals surface area (Å²) >= 11 is 6.21. The van der Waals surface area contributed by atoms with E-state index in [0.29, 0.717) is 6.04 Å². The molecule has 0 saturated heterocycles. The van der Waals surface area contributed by atoms with Gasteiger partial charge < -0.3 is 10.8 Å². The lowest BCUT2D eigenvalue weighted by Gasteiger charge is -2.37. The molecule has 1 aliphatic rings. The summed E-state index contributed by atoms with van der Waals surface area (Å²) in [5.74, 6) is 0. The lowest BCUT2D eigenvalue weighted by molar-refractivity contribution is 0.109. The lowest BCUT2D eigenvalue weighted by Crippen LogP contribution is -2.40. The van der Waals surface area contributed by atoms with Gasteiger partial charge in [0.2, 0.25) is 0 Å². The van der Waals surface area contributed by atoms with Gasteiger partial charge in [0, 0.05) is 36.4 Å². The smallest absolute Gasteiger partial charge is 0.0452 e. The third-order valence-electron chi connectivity index (χ3n) is 3.64. The van der Waals surface area contributed by atoms with Gasteiger partial charge in [-0.2, -0.15) is 0 Å². The van der Waals surface area contributed by atoms with E-state index < -0.39 is 0 Å². The Kier molecular flexibility index (Phi) is 4.87. The number of nitrogens with zero attached hydrogens (tertiary/aromatic N) is 1. The van der Waals surface area contributed by atoms with Crippen molar-refractivity contribution in [3.8, 4) is 0 Å². The average Bonchev–Trinajstić information content (AvgIpc) is 2.28. The van der Waals surface area contributed by atoms with Crippen LogP contribution in [0.4, 0.5) is 5.69 Å². The molecule has 1 saturated carbocycles. The molecule has 0 amide bonds. The van der Waals surface area contributed by atoms with Crippen LogP contribution in [0.15, 0.2) is 18.2 Å². The Hall–Kier alpha value is -0.770. The quantitative estimate of drug-likeness (QED) is 0.780. The van der Waals surface area contributed by atoms with Gasteiger partial charge in [-0.3, -0.25) is 4.90 Å². The Balaban J connectivity index is 2.04. The minimum Gasteiger partial charge on any atom is -0.399 e. The number of anilines is 1. The van der Waals surface area contributed by atoms with Crippen molar-refractivity contribution in [2.75, 3.05) is 18.9 Å². The first-order chi connectivity index (χ1) is 8.70. The summed E-state index contributed by atoms with van der Waals surface area (Å²) in [6.45, 7) is 1.99. The molecule has 0 radical (unpaired) electrons. The monoisotopic (exact) mass is 268 g/mol. The van der Waals surface area contributed by atoms with E-state index in [4.69, 9.17) is 22.4 Å². The third-order valence-corrected chi connectivity index (χ3v) is 4.01. The molecule has 1 aliphatic carbocycles. The molecule has 100 valence electrons. The van der Waals surface area contributed by atoms with Crippen molar-refractivity contribution in [2.24, 2.45) is 0 Å². The summed E-state index contributed by atoms with van der Waals surface area (Å²) < 4.78 is 0. The van der Waals surface area contributed by atoms with Gasteiger partial charge in [-0.15, -0.1) is 0 Å². The van der Waals surface area contributed by atoms with Crippen molar-refractivity contribution < 1.29 is 5.11 Å². The van der Waals surface area contributed by atoms with E-state index in [1.165, 1.54) is 19.3 Å². The molecule has 0 aliphatic heterocycles. The summed E-state index contributed by atoms with van der Waals surface area (Å²) in [7, 11) is 0. The van der Waals surface area contributed by atoms with Crippen LogP contribution in [0, 0.1) is 0 Å². The second-order valence-corrected chi connectivity index (χ2v) is 5.39. The van der Waals surface area contributed by atoms with Crippen LogP contribution in [-0.4, -0.2) is 29.2 Å². The SMILES string of the molecule is Nc1ccc(Cl)c(CN(CCCO)C2CCC2)c1. The Morgan fingerprint density at radius 3 is 2.78 bits per heavy atom. The summed E-state index contributed by atoms with van der Waals surface area (Å²) in [6, 6.07) is 6.28. The van der Waals surface area contributed by atoms with Crippen LogP contribution >= 0.6 is 11.6 Å². The van der Waals surface area contributed by atoms with Gasteiger partial charge in [0.05, 0.1) is 0 Å². The van der Waals surface area contributed by atoms with Crippen molar-refractivity contribution >= 4 is 17.3 Å². The number of aliphatic hydroxyl groups excluding tert-OH is 1. The molecular formula is C14H21ClN2O. The number of hydrogen-bond donors (Lipinski definition) is 2. The molecule has 3 N–H and O–H groups in total. The molecule has 0 aromatic heterocycles. The zero-order chi connectivity index (χ0) is 13.0. The van der Waals surface area contributed by atoms with E-state index in [0.717, 1.165) is 35.8 Å². The number of halogens is 1. The number of hydrogen-bond acceptors (Lipinski definition) is 3. The van der Waals surface area contributed by atoms with Crippen molar-refractivity contribution in [2.45, 2.75) is 38.3 Å². The first kappa shape index (κ1) is 13.7. The fourth-order valence-corrected chi connectivity index (χ4v) is 2.53. The molecule has 0 atom stereocenters. The van der Waals surface area contributed by atoms with E-state index in [2.05, 4.69) is 4.90 Å². The fourth-order valence-electron chi connectivity index (χ4n) is 2.35. The topological polar surface area (TPSA) is 49.5 Å². The molecule has 0 bridgehead atoms. The number of benzene rings is 1. The van der Waals surface area contributed by atoms with Crippen molar-refractivity contribution in [1.82, 2.24) is 4.90 Å². The van der Waals surface area contributed by atoms with E-state index in [-0.39, 0.29) is 6.61 Å². The maximum absolute atomic E-state index is 8.98. The van der Waals surface area contributed by atoms with Crippen LogP contribution in [0.3, 0.4) is 0 Å². The molecule has 18 heavy (non-hydrogen) atoms. The highest BCUT2D eigenvalue weighted by atomic mass is 35.5. The van der Waals surface area contributed by atoms with Gasteiger partial charge in [0.15, 0.2) is 0 Å². The fraction of sp³-hybridized carbons (Fsp3) is 0.571. The average molecular weight is 269 g/mol. The zero-order valence-electron chi connectivity index (χ0n) is 10.6. The molecule has 4 heteroatoms. The van der Waals surface area contributed by atoms with E-state index in [9.17, 15) is 0 Å². The molecule has 1 aromatic rings. The minimum absolute atomic E-state index is 0.244. The van der Waals surface area contributed by atoms with E-state index in [1.807, 2.05) is 18.2 Å². The van der Waals surface area contributed by atoms with Gasteiger partial charge in [-0.25, -0.2) is 0 Å². The largest absolute Gasteiger partial charge is 0.399 e. The molecule has 0 heterocycles. The predicted octanol–water partition coefficient (Wildman–Crippen LogP) is 2.66. The van der Waals surface area contributed by atoms with Crippen LogP contribution < -0.4 is 5.73 Å². The summed E-state index contributed by atoms with van der Waals surface area (Å²) in [5.41, 5.74) is 7.65. The number of aliphatic hydroxyl groups is 1. The highest BCUT2D eigenvalue weighted by Crippen LogP contribution is 2.28. The Bertz CT molecular complexity index is 393. The zero-order valence-corrected chi connectivity index (χ0v) is 11.4. The summed E-state index contributed by atoms with van der Waals surface area (Å²) in [5, 5.41) is 9.76. The molecule has 1 fully saturated rings. The van der Waals surface area contributed by atoms with E-state index >= 15 is 0 Å². The maximum atomic E-state index is 8.98. The molecule has 0 unspecified atom stereocenters. The lowest BCUT2D eigenvalue weighted by atomic mass is 9.91. The second kappa shape index (κ2) is 6.41. The molecular weight excluding hydrogens is 248 g/mol. The number of rotatable bonds is 6. The van der Waals surface area contributed by atoms with Crippen molar-refractivity contribution in [3.05, 3.63) is 28.8 Å². The van der Waals surface area contributed by atoms with Crippen molar-refractivity contribution in [1.29, 1.82) is 0 Å². The molecule has 0 spiro atoms. The molecule has 3 nitrogen and oxygen atoms in total. The Morgan fingerprint density at radius 1 is 1.39 bits per heavy atom. The standard InChI is InChI=1S/C14H21ClN2O/c15-14-6-5-12(16)9-11(14)10-17(7-2-8-18)13-3-1-4-13/h5-6,9,13,18H,1-4,7-8,10,16H2. The predicted molar refractivity (Wildman–Crippen MR) is 75.6 cm³/mol. The highest BCUT2D eigenvalue weighted by molar-refractivity contribution is 6.31. The number of nitrogen functional groups attached to an aromatic ring is 1. The van der Waals surface area contributed by atoms with Gasteiger partial charge in [-0.1, -0.05) is 18.0 Å². The molecule has 2 rings (SSSR count). The van der Waals surface area contributed by atoms with Gasteiger partial charge >= 0.3 is 0 Å². The van der Waals surface area contributed by atoms with Crippen molar-refractivity contribution in [3.63, 3.8) is 0 Å². The highest BCUT2D eigenvalue weighted by Gasteiger charge is 2.24. The van der Waals surface area contributed by atoms with Gasteiger partial charge in [0.25, 0.3) is 0 Å². The first-order valence-corrected chi connectivity index (χ1v) is 6.97. The van der Waals surface area contributed by atoms with Crippen LogP contribution in [-0.2, 0) is 6.54 Å². The van der Waals surface area contributed by atoms with Crippen LogP contribution in [0.25, 0.3) is 0 Å². The van der Waals surface area contributed by atoms with Crippen LogP contribution in [0.5, 0.6) is 0 Å². The van der Waals surface area contributed by atoms with E-state index in [1.54, 1.807) is 0 Å². The third kappa shape index (κ3) is 3.37. The Morgan fingerprint density at radius 2 is 2.17 bits per heavy atom. The minimum atomic E-state index is 0.244. The second-order valence-electron chi connectivity index (χ2n) is 4.98. The van der Waals surface area contributed by atoms with Crippen LogP contribution in [0.1, 0.15) is 31.2 Å². The maximum Gasteiger partial charge on any atom is 0.0452 e. The van der Waals surface area contributed by atoms with Gasteiger partial charge in [-0.05, 0) is 43.0 Å². The molecule has 1 aromatic carbocycles. The normalized spacial score (nSPS) is 15.9. The van der Waals surface area contributed by atoms with Crippen LogP contribution in [0.2, 0.25) is 5.02 Å². The number of nitrogens with two attached hydrogens (primary N) is 1. The first-order valence-electron chi connectivity index (χ1n) is 6.59. The summed E-state index contributed by atoms with van der Waals surface area (Å²) in [6.07, 6.45) is 4.64. The summed E-state index contributed by atoms with van der Waals surface area (Å²) in [4.78, 5) is 2.42. The van der Waals surface area contributed by atoms with Gasteiger partial charge in [0.1, 0.15) is 0 Å². The Labute approximate surface area is 114 Å².